The van der Waals surface area contributed by atoms with Gasteiger partial charge in [-0.3, -0.25) is 0 Å². The van der Waals surface area contributed by atoms with Crippen LogP contribution in [0.25, 0.3) is 65.2 Å². The Balaban J connectivity index is 1.15. The van der Waals surface area contributed by atoms with Gasteiger partial charge in [0.25, 0.3) is 0 Å². The molecular weight excluding hydrogens is 657 g/mol. The highest BCUT2D eigenvalue weighted by Gasteiger charge is 2.50. The van der Waals surface area contributed by atoms with Crippen LogP contribution in [0, 0.1) is 0 Å². The van der Waals surface area contributed by atoms with Gasteiger partial charge in [0.2, 0.25) is 0 Å². The van der Waals surface area contributed by atoms with Gasteiger partial charge in [0.15, 0.2) is 5.82 Å². The first-order valence-corrected chi connectivity index (χ1v) is 18.9. The average molecular weight is 685 g/mol. The molecule has 0 bridgehead atoms. The molecule has 0 radical (unpaired) electrons. The number of benzene rings is 7. The van der Waals surface area contributed by atoms with Crippen molar-refractivity contribution in [2.45, 2.75) is 15.2 Å². The van der Waals surface area contributed by atoms with Crippen LogP contribution >= 0.6 is 23.1 Å². The number of thiophene rings is 1. The zero-order valence-electron chi connectivity index (χ0n) is 27.4. The number of nitrogens with zero attached hydrogens (tertiary/aromatic N) is 2. The highest BCUT2D eigenvalue weighted by molar-refractivity contribution is 7.99. The minimum Gasteiger partial charge on any atom is -0.228 e. The predicted octanol–water partition coefficient (Wildman–Crippen LogP) is 12.7. The molecule has 2 aliphatic rings. The largest absolute Gasteiger partial charge is 0.228 e. The van der Waals surface area contributed by atoms with Crippen LogP contribution in [0.1, 0.15) is 22.3 Å². The van der Waals surface area contributed by atoms with Crippen LogP contribution in [-0.2, 0) is 5.41 Å². The molecule has 0 saturated carbocycles. The Morgan fingerprint density at radius 1 is 0.431 bits per heavy atom. The highest BCUT2D eigenvalue weighted by Crippen LogP contribution is 2.63. The Bertz CT molecular complexity index is 2730. The Labute approximate surface area is 304 Å². The van der Waals surface area contributed by atoms with Crippen molar-refractivity contribution in [2.24, 2.45) is 0 Å². The lowest BCUT2D eigenvalue weighted by Gasteiger charge is -2.39. The van der Waals surface area contributed by atoms with E-state index in [1.54, 1.807) is 0 Å². The van der Waals surface area contributed by atoms with E-state index in [0.29, 0.717) is 0 Å². The summed E-state index contributed by atoms with van der Waals surface area (Å²) >= 11 is 3.76. The fourth-order valence-electron chi connectivity index (χ4n) is 8.44. The van der Waals surface area contributed by atoms with E-state index in [0.717, 1.165) is 33.9 Å². The molecule has 0 unspecified atom stereocenters. The summed E-state index contributed by atoms with van der Waals surface area (Å²) in [4.78, 5) is 12.8. The number of fused-ring (bicyclic) bond motifs is 13. The highest BCUT2D eigenvalue weighted by atomic mass is 32.2. The lowest BCUT2D eigenvalue weighted by molar-refractivity contribution is 0.723. The van der Waals surface area contributed by atoms with Gasteiger partial charge in [0.05, 0.1) is 16.8 Å². The van der Waals surface area contributed by atoms with Crippen molar-refractivity contribution in [1.82, 2.24) is 9.97 Å². The molecule has 3 heterocycles. The van der Waals surface area contributed by atoms with Crippen LogP contribution in [0.4, 0.5) is 0 Å². The zero-order valence-corrected chi connectivity index (χ0v) is 29.0. The van der Waals surface area contributed by atoms with Gasteiger partial charge >= 0.3 is 0 Å². The molecule has 7 aromatic carbocycles. The molecule has 238 valence electrons. The SMILES string of the molecule is c1ccc(-c2cc(-c3ccc4c(c3)sc3ccc5c(c34)-c3ccccc3C53c4ccccc4Sc4ccccc43)nc(-c3ccccc3)n2)cc1. The van der Waals surface area contributed by atoms with Crippen LogP contribution < -0.4 is 0 Å². The molecule has 0 saturated heterocycles. The Morgan fingerprint density at radius 2 is 1.04 bits per heavy atom. The van der Waals surface area contributed by atoms with E-state index >= 15 is 0 Å². The van der Waals surface area contributed by atoms with Crippen molar-refractivity contribution in [3.63, 3.8) is 0 Å². The molecule has 1 aliphatic carbocycles. The molecule has 1 aliphatic heterocycles. The molecule has 0 fully saturated rings. The van der Waals surface area contributed by atoms with Crippen LogP contribution in [-0.4, -0.2) is 9.97 Å². The first-order valence-electron chi connectivity index (χ1n) is 17.2. The molecule has 0 N–H and O–H groups in total. The van der Waals surface area contributed by atoms with Crippen LogP contribution in [0.2, 0.25) is 0 Å². The smallest absolute Gasteiger partial charge is 0.160 e. The summed E-state index contributed by atoms with van der Waals surface area (Å²) in [6, 6.07) is 61.6. The lowest BCUT2D eigenvalue weighted by Crippen LogP contribution is -2.31. The van der Waals surface area contributed by atoms with E-state index in [-0.39, 0.29) is 5.41 Å². The third-order valence-electron chi connectivity index (χ3n) is 10.6. The van der Waals surface area contributed by atoms with Crippen molar-refractivity contribution in [1.29, 1.82) is 0 Å². The average Bonchev–Trinajstić information content (AvgIpc) is 3.72. The summed E-state index contributed by atoms with van der Waals surface area (Å²) in [6.07, 6.45) is 0. The van der Waals surface area contributed by atoms with Gasteiger partial charge in [-0.15, -0.1) is 11.3 Å². The van der Waals surface area contributed by atoms with Gasteiger partial charge in [0.1, 0.15) is 0 Å². The molecule has 4 heteroatoms. The zero-order chi connectivity index (χ0) is 33.5. The van der Waals surface area contributed by atoms with Gasteiger partial charge in [-0.1, -0.05) is 151 Å². The fourth-order valence-corrected chi connectivity index (χ4v) is 10.8. The van der Waals surface area contributed by atoms with Gasteiger partial charge in [-0.25, -0.2) is 9.97 Å². The van der Waals surface area contributed by atoms with Crippen molar-refractivity contribution in [3.05, 3.63) is 192 Å². The monoisotopic (exact) mass is 684 g/mol. The third kappa shape index (κ3) is 4.18. The minimum atomic E-state index is -0.380. The Morgan fingerprint density at radius 3 is 1.76 bits per heavy atom. The van der Waals surface area contributed by atoms with E-state index in [9.17, 15) is 0 Å². The van der Waals surface area contributed by atoms with Crippen LogP contribution in [0.5, 0.6) is 0 Å². The first kappa shape index (κ1) is 29.0. The number of rotatable bonds is 3. The molecule has 0 amide bonds. The van der Waals surface area contributed by atoms with Gasteiger partial charge in [-0.2, -0.15) is 0 Å². The van der Waals surface area contributed by atoms with Gasteiger partial charge in [-0.05, 0) is 63.7 Å². The molecule has 1 spiro atoms. The molecule has 2 aromatic heterocycles. The topological polar surface area (TPSA) is 25.8 Å². The molecule has 0 atom stereocenters. The van der Waals surface area contributed by atoms with Crippen molar-refractivity contribution >= 4 is 43.3 Å². The second-order valence-electron chi connectivity index (χ2n) is 13.3. The summed E-state index contributed by atoms with van der Waals surface area (Å²) in [5.74, 6) is 0.731. The van der Waals surface area contributed by atoms with Crippen LogP contribution in [0.3, 0.4) is 0 Å². The van der Waals surface area contributed by atoms with Crippen molar-refractivity contribution in [2.75, 3.05) is 0 Å². The standard InChI is InChI=1S/C47H28N2S2/c1-3-13-29(14-4-1)38-28-39(49-46(48-38)30-15-5-2-6-16-30)31-23-24-33-43(27-31)51-42-26-25-37-44(45(33)42)32-17-7-8-18-34(32)47(37)35-19-9-11-21-40(35)50-41-22-12-10-20-36(41)47/h1-28H. The van der Waals surface area contributed by atoms with Gasteiger partial charge in [0, 0.05) is 46.7 Å². The summed E-state index contributed by atoms with van der Waals surface area (Å²) < 4.78 is 2.56. The first-order chi connectivity index (χ1) is 25.3. The number of aromatic nitrogens is 2. The van der Waals surface area contributed by atoms with Crippen molar-refractivity contribution < 1.29 is 0 Å². The molecule has 51 heavy (non-hydrogen) atoms. The van der Waals surface area contributed by atoms with Crippen LogP contribution in [0.15, 0.2) is 180 Å². The van der Waals surface area contributed by atoms with Crippen molar-refractivity contribution in [3.8, 4) is 45.0 Å². The van der Waals surface area contributed by atoms with E-state index in [1.165, 1.54) is 63.3 Å². The second-order valence-corrected chi connectivity index (χ2v) is 15.4. The molecule has 11 rings (SSSR count). The summed E-state index contributed by atoms with van der Waals surface area (Å²) in [7, 11) is 0. The summed E-state index contributed by atoms with van der Waals surface area (Å²) in [5, 5.41) is 2.63. The summed E-state index contributed by atoms with van der Waals surface area (Å²) in [5.41, 5.74) is 12.8. The predicted molar refractivity (Wildman–Crippen MR) is 213 cm³/mol. The molecular formula is C47H28N2S2. The van der Waals surface area contributed by atoms with Gasteiger partial charge < -0.3 is 0 Å². The molecule has 2 nitrogen and oxygen atoms in total. The Kier molecular flexibility index (Phi) is 6.30. The third-order valence-corrected chi connectivity index (χ3v) is 12.8. The lowest BCUT2D eigenvalue weighted by atomic mass is 9.67. The quantitative estimate of drug-likeness (QED) is 0.185. The Hall–Kier alpha value is -5.81. The van der Waals surface area contributed by atoms with E-state index < -0.39 is 0 Å². The second kappa shape index (κ2) is 11.1. The van der Waals surface area contributed by atoms with E-state index in [1.807, 2.05) is 47.4 Å². The minimum absolute atomic E-state index is 0.380. The molecule has 9 aromatic rings. The normalized spacial score (nSPS) is 13.6. The number of hydrogen-bond acceptors (Lipinski definition) is 4. The fraction of sp³-hybridized carbons (Fsp3) is 0.0213. The van der Waals surface area contributed by atoms with E-state index in [2.05, 4.69) is 146 Å². The maximum atomic E-state index is 5.14. The maximum Gasteiger partial charge on any atom is 0.160 e. The summed E-state index contributed by atoms with van der Waals surface area (Å²) in [6.45, 7) is 0. The number of hydrogen-bond donors (Lipinski definition) is 0. The van der Waals surface area contributed by atoms with E-state index in [4.69, 9.17) is 9.97 Å². The maximum absolute atomic E-state index is 5.14.